The van der Waals surface area contributed by atoms with Gasteiger partial charge in [0.15, 0.2) is 6.61 Å². The molecule has 0 atom stereocenters. The van der Waals surface area contributed by atoms with E-state index in [1.165, 1.54) is 22.0 Å². The third kappa shape index (κ3) is 7.05. The molecule has 8 heteroatoms. The van der Waals surface area contributed by atoms with Crippen molar-refractivity contribution >= 4 is 27.3 Å². The number of benzene rings is 3. The Balaban J connectivity index is 1.60. The van der Waals surface area contributed by atoms with Crippen molar-refractivity contribution in [1.29, 1.82) is 0 Å². The van der Waals surface area contributed by atoms with E-state index in [9.17, 15) is 17.6 Å². The molecule has 3 rings (SSSR count). The number of halogens is 1. The number of carbonyl (C=O) groups is 1. The van der Waals surface area contributed by atoms with Crippen LogP contribution in [-0.2, 0) is 21.4 Å². The lowest BCUT2D eigenvalue weighted by atomic mass is 10.0. The molecule has 0 aliphatic heterocycles. The Bertz CT molecular complexity index is 1180. The molecule has 0 aliphatic carbocycles. The molecule has 0 heterocycles. The second-order valence-electron chi connectivity index (χ2n) is 8.00. The Morgan fingerprint density at radius 1 is 0.970 bits per heavy atom. The topological polar surface area (TPSA) is 75.7 Å². The second-order valence-corrected chi connectivity index (χ2v) is 9.91. The number of nitrogens with zero attached hydrogens (tertiary/aromatic N) is 1. The number of hydrogen-bond donors (Lipinski definition) is 1. The van der Waals surface area contributed by atoms with E-state index in [-0.39, 0.29) is 24.9 Å². The van der Waals surface area contributed by atoms with Gasteiger partial charge in [0.05, 0.1) is 18.5 Å². The van der Waals surface area contributed by atoms with Gasteiger partial charge >= 0.3 is 0 Å². The lowest BCUT2D eigenvalue weighted by molar-refractivity contribution is -0.118. The normalized spacial score (nSPS) is 11.3. The van der Waals surface area contributed by atoms with Gasteiger partial charge in [-0.25, -0.2) is 12.8 Å². The Morgan fingerprint density at radius 3 is 2.12 bits per heavy atom. The summed E-state index contributed by atoms with van der Waals surface area (Å²) in [4.78, 5) is 12.2. The molecule has 0 radical (unpaired) electrons. The van der Waals surface area contributed by atoms with Crippen LogP contribution in [-0.4, -0.2) is 27.2 Å². The molecule has 33 heavy (non-hydrogen) atoms. The average molecular weight is 471 g/mol. The molecule has 3 aromatic carbocycles. The summed E-state index contributed by atoms with van der Waals surface area (Å²) in [6, 6.07) is 19.7. The molecule has 0 saturated carbocycles. The second kappa shape index (κ2) is 10.5. The largest absolute Gasteiger partial charge is 0.484 e. The third-order valence-electron chi connectivity index (χ3n) is 5.00. The van der Waals surface area contributed by atoms with E-state index >= 15 is 0 Å². The van der Waals surface area contributed by atoms with Gasteiger partial charge < -0.3 is 10.1 Å². The van der Waals surface area contributed by atoms with Crippen LogP contribution in [0, 0.1) is 5.82 Å². The third-order valence-corrected chi connectivity index (χ3v) is 6.14. The summed E-state index contributed by atoms with van der Waals surface area (Å²) < 4.78 is 44.5. The van der Waals surface area contributed by atoms with Gasteiger partial charge in [0.25, 0.3) is 5.91 Å². The molecule has 0 bridgehead atoms. The van der Waals surface area contributed by atoms with E-state index in [2.05, 4.69) is 19.2 Å². The minimum absolute atomic E-state index is 0.0668. The van der Waals surface area contributed by atoms with E-state index in [4.69, 9.17) is 4.74 Å². The van der Waals surface area contributed by atoms with Crippen molar-refractivity contribution < 1.29 is 22.3 Å². The van der Waals surface area contributed by atoms with Gasteiger partial charge in [0.1, 0.15) is 11.6 Å². The SMILES string of the molecule is CC(C)c1ccc(NC(=O)COc2ccc(N(Cc3ccc(F)cc3)S(C)(=O)=O)cc2)cc1. The highest BCUT2D eigenvalue weighted by atomic mass is 32.2. The van der Waals surface area contributed by atoms with Gasteiger partial charge in [-0.3, -0.25) is 9.10 Å². The first kappa shape index (κ1) is 24.3. The molecule has 0 aromatic heterocycles. The quantitative estimate of drug-likeness (QED) is 0.481. The van der Waals surface area contributed by atoms with Gasteiger partial charge in [0, 0.05) is 5.69 Å². The molecule has 0 spiro atoms. The summed E-state index contributed by atoms with van der Waals surface area (Å²) in [7, 11) is -3.57. The minimum Gasteiger partial charge on any atom is -0.484 e. The molecule has 1 amide bonds. The van der Waals surface area contributed by atoms with Crippen LogP contribution in [0.5, 0.6) is 5.75 Å². The Morgan fingerprint density at radius 2 is 1.58 bits per heavy atom. The molecule has 0 aliphatic rings. The van der Waals surface area contributed by atoms with E-state index < -0.39 is 10.0 Å². The molecular weight excluding hydrogens is 443 g/mol. The van der Waals surface area contributed by atoms with Crippen LogP contribution in [0.15, 0.2) is 72.8 Å². The monoisotopic (exact) mass is 470 g/mol. The van der Waals surface area contributed by atoms with Gasteiger partial charge in [-0.05, 0) is 65.6 Å². The fourth-order valence-electron chi connectivity index (χ4n) is 3.16. The number of carbonyl (C=O) groups excluding carboxylic acids is 1. The van der Waals surface area contributed by atoms with Crippen LogP contribution in [0.1, 0.15) is 30.9 Å². The van der Waals surface area contributed by atoms with E-state index in [1.54, 1.807) is 36.4 Å². The highest BCUT2D eigenvalue weighted by molar-refractivity contribution is 7.92. The van der Waals surface area contributed by atoms with Crippen LogP contribution >= 0.6 is 0 Å². The highest BCUT2D eigenvalue weighted by Crippen LogP contribution is 2.24. The maximum atomic E-state index is 13.1. The minimum atomic E-state index is -3.57. The summed E-state index contributed by atoms with van der Waals surface area (Å²) in [5.41, 5.74) is 2.96. The molecule has 174 valence electrons. The van der Waals surface area contributed by atoms with E-state index in [1.807, 2.05) is 24.3 Å². The zero-order valence-electron chi connectivity index (χ0n) is 18.8. The summed E-state index contributed by atoms with van der Waals surface area (Å²) in [5.74, 6) is 0.155. The maximum Gasteiger partial charge on any atom is 0.262 e. The summed E-state index contributed by atoms with van der Waals surface area (Å²) in [6.45, 7) is 4.09. The Kier molecular flexibility index (Phi) is 7.71. The number of rotatable bonds is 9. The number of anilines is 2. The molecule has 3 aromatic rings. The van der Waals surface area contributed by atoms with Gasteiger partial charge in [-0.2, -0.15) is 0 Å². The van der Waals surface area contributed by atoms with Crippen molar-refractivity contribution in [3.8, 4) is 5.75 Å². The van der Waals surface area contributed by atoms with Crippen molar-refractivity contribution in [2.24, 2.45) is 0 Å². The van der Waals surface area contributed by atoms with Crippen LogP contribution < -0.4 is 14.4 Å². The molecule has 0 fully saturated rings. The van der Waals surface area contributed by atoms with Crippen LogP contribution in [0.3, 0.4) is 0 Å². The first-order valence-electron chi connectivity index (χ1n) is 10.5. The van der Waals surface area contributed by atoms with Crippen molar-refractivity contribution in [3.05, 3.63) is 89.7 Å². The van der Waals surface area contributed by atoms with Gasteiger partial charge in [0.2, 0.25) is 10.0 Å². The van der Waals surface area contributed by atoms with Crippen LogP contribution in [0.2, 0.25) is 0 Å². The Labute approximate surface area is 194 Å². The summed E-state index contributed by atoms with van der Waals surface area (Å²) in [5, 5.41) is 2.78. The van der Waals surface area contributed by atoms with Crippen molar-refractivity contribution in [1.82, 2.24) is 0 Å². The smallest absolute Gasteiger partial charge is 0.262 e. The Hall–Kier alpha value is -3.39. The lowest BCUT2D eigenvalue weighted by Gasteiger charge is -2.22. The van der Waals surface area contributed by atoms with Crippen LogP contribution in [0.4, 0.5) is 15.8 Å². The maximum absolute atomic E-state index is 13.1. The lowest BCUT2D eigenvalue weighted by Crippen LogP contribution is -2.29. The zero-order valence-corrected chi connectivity index (χ0v) is 19.6. The first-order chi connectivity index (χ1) is 15.6. The van der Waals surface area contributed by atoms with Crippen molar-refractivity contribution in [2.45, 2.75) is 26.3 Å². The van der Waals surface area contributed by atoms with Crippen molar-refractivity contribution in [3.63, 3.8) is 0 Å². The van der Waals surface area contributed by atoms with Gasteiger partial charge in [-0.15, -0.1) is 0 Å². The number of hydrogen-bond acceptors (Lipinski definition) is 4. The average Bonchev–Trinajstić information content (AvgIpc) is 2.77. The highest BCUT2D eigenvalue weighted by Gasteiger charge is 2.18. The molecule has 1 N–H and O–H groups in total. The molecular formula is C25H27FN2O4S. The standard InChI is InChI=1S/C25H27FN2O4S/c1-18(2)20-6-10-22(11-7-20)27-25(29)17-32-24-14-12-23(13-15-24)28(33(3,30)31)16-19-4-8-21(26)9-5-19/h4-15,18H,16-17H2,1-3H3,(H,27,29). The molecule has 0 saturated heterocycles. The predicted molar refractivity (Wildman–Crippen MR) is 129 cm³/mol. The summed E-state index contributed by atoms with van der Waals surface area (Å²) in [6.07, 6.45) is 1.11. The summed E-state index contributed by atoms with van der Waals surface area (Å²) >= 11 is 0. The predicted octanol–water partition coefficient (Wildman–Crippen LogP) is 4.93. The fraction of sp³-hybridized carbons (Fsp3) is 0.240. The fourth-order valence-corrected chi connectivity index (χ4v) is 4.05. The molecule has 0 unspecified atom stereocenters. The number of nitrogens with one attached hydrogen (secondary N) is 1. The molecule has 6 nitrogen and oxygen atoms in total. The number of sulfonamides is 1. The van der Waals surface area contributed by atoms with E-state index in [0.29, 0.717) is 28.6 Å². The number of amides is 1. The van der Waals surface area contributed by atoms with Crippen molar-refractivity contribution in [2.75, 3.05) is 22.5 Å². The zero-order chi connectivity index (χ0) is 24.0. The number of ether oxygens (including phenoxy) is 1. The van der Waals surface area contributed by atoms with E-state index in [0.717, 1.165) is 6.26 Å². The first-order valence-corrected chi connectivity index (χ1v) is 12.3. The van der Waals surface area contributed by atoms with Crippen LogP contribution in [0.25, 0.3) is 0 Å². The van der Waals surface area contributed by atoms with Gasteiger partial charge in [-0.1, -0.05) is 38.1 Å².